The van der Waals surface area contributed by atoms with Crippen molar-refractivity contribution < 1.29 is 0 Å². The van der Waals surface area contributed by atoms with Crippen molar-refractivity contribution in [3.63, 3.8) is 0 Å². The van der Waals surface area contributed by atoms with E-state index in [0.717, 1.165) is 22.6 Å². The number of rotatable bonds is 6. The fourth-order valence-electron chi connectivity index (χ4n) is 4.08. The third-order valence-electron chi connectivity index (χ3n) is 5.80. The number of halogens is 2. The molecule has 0 atom stereocenters. The Hall–Kier alpha value is -3.78. The normalized spacial score (nSPS) is 10.6. The minimum absolute atomic E-state index is 0.708. The number of hydrogen-bond acceptors (Lipinski definition) is 1. The highest BCUT2D eigenvalue weighted by atomic mass is 35.5. The molecule has 0 aliphatic heterocycles. The van der Waals surface area contributed by atoms with Crippen molar-refractivity contribution in [3.8, 4) is 0 Å². The van der Waals surface area contributed by atoms with Gasteiger partial charge in [0, 0.05) is 27.1 Å². The molecule has 5 aromatic rings. The Balaban J connectivity index is 1.55. The van der Waals surface area contributed by atoms with Crippen LogP contribution < -0.4 is 4.90 Å². The minimum Gasteiger partial charge on any atom is -0.311 e. The van der Waals surface area contributed by atoms with Gasteiger partial charge in [0.1, 0.15) is 0 Å². The molecule has 0 bridgehead atoms. The van der Waals surface area contributed by atoms with Gasteiger partial charge in [-0.15, -0.1) is 0 Å². The maximum Gasteiger partial charge on any atom is 0.0462 e. The molecular formula is C32H23Cl2N. The Morgan fingerprint density at radius 2 is 0.829 bits per heavy atom. The van der Waals surface area contributed by atoms with Crippen molar-refractivity contribution in [2.75, 3.05) is 4.90 Å². The Morgan fingerprint density at radius 1 is 0.457 bits per heavy atom. The van der Waals surface area contributed by atoms with Crippen LogP contribution in [0.15, 0.2) is 133 Å². The van der Waals surface area contributed by atoms with Gasteiger partial charge in [0.25, 0.3) is 0 Å². The molecule has 35 heavy (non-hydrogen) atoms. The molecule has 0 N–H and O–H groups in total. The first-order chi connectivity index (χ1) is 17.2. The number of hydrogen-bond donors (Lipinski definition) is 0. The van der Waals surface area contributed by atoms with E-state index in [1.807, 2.05) is 60.7 Å². The van der Waals surface area contributed by atoms with E-state index in [4.69, 9.17) is 23.2 Å². The largest absolute Gasteiger partial charge is 0.311 e. The van der Waals surface area contributed by atoms with E-state index in [1.54, 1.807) is 0 Å². The van der Waals surface area contributed by atoms with Crippen LogP contribution in [0.25, 0.3) is 11.6 Å². The van der Waals surface area contributed by atoms with Crippen LogP contribution in [0.1, 0.15) is 16.7 Å². The van der Waals surface area contributed by atoms with E-state index in [2.05, 4.69) is 83.8 Å². The molecule has 0 radical (unpaired) electrons. The minimum atomic E-state index is 0.708. The van der Waals surface area contributed by atoms with Crippen molar-refractivity contribution in [2.24, 2.45) is 0 Å². The predicted octanol–water partition coefficient (Wildman–Crippen LogP) is 10.1. The summed E-state index contributed by atoms with van der Waals surface area (Å²) in [7, 11) is 0. The van der Waals surface area contributed by atoms with Gasteiger partial charge in [-0.2, -0.15) is 0 Å². The van der Waals surface area contributed by atoms with Crippen LogP contribution in [0.3, 0.4) is 0 Å². The summed E-state index contributed by atoms with van der Waals surface area (Å²) in [4.78, 5) is 2.19. The van der Waals surface area contributed by atoms with Crippen LogP contribution >= 0.6 is 23.2 Å². The smallest absolute Gasteiger partial charge is 0.0462 e. The Morgan fingerprint density at radius 3 is 1.23 bits per heavy atom. The van der Waals surface area contributed by atoms with Crippen LogP contribution in [0.2, 0.25) is 10.0 Å². The zero-order valence-electron chi connectivity index (χ0n) is 19.0. The van der Waals surface area contributed by atoms with E-state index in [0.29, 0.717) is 10.0 Å². The average Bonchev–Trinajstić information content (AvgIpc) is 2.91. The molecule has 0 heterocycles. The van der Waals surface area contributed by atoms with E-state index < -0.39 is 0 Å². The molecule has 0 saturated heterocycles. The highest BCUT2D eigenvalue weighted by Gasteiger charge is 2.13. The van der Waals surface area contributed by atoms with Crippen LogP contribution in [-0.2, 0) is 0 Å². The molecule has 0 saturated carbocycles. The van der Waals surface area contributed by atoms with Crippen molar-refractivity contribution in [3.05, 3.63) is 160 Å². The lowest BCUT2D eigenvalue weighted by atomic mass is 9.95. The summed E-state index contributed by atoms with van der Waals surface area (Å²) < 4.78 is 0. The highest BCUT2D eigenvalue weighted by molar-refractivity contribution is 6.31. The third kappa shape index (κ3) is 5.49. The molecule has 0 aliphatic carbocycles. The van der Waals surface area contributed by atoms with Gasteiger partial charge in [-0.05, 0) is 89.0 Å². The molecule has 0 spiro atoms. The standard InChI is InChI=1S/C32H23Cl2N/c33-27-13-19-30(20-14-27)35(31-21-15-28(34)16-22-31)29-17-11-24(12-18-29)23-32(25-7-3-1-4-8-25)26-9-5-2-6-10-26/h1-23H. The molecule has 3 heteroatoms. The van der Waals surface area contributed by atoms with Gasteiger partial charge in [-0.3, -0.25) is 0 Å². The topological polar surface area (TPSA) is 3.24 Å². The molecule has 0 aromatic heterocycles. The lowest BCUT2D eigenvalue weighted by Crippen LogP contribution is -2.09. The average molecular weight is 492 g/mol. The van der Waals surface area contributed by atoms with Crippen molar-refractivity contribution in [1.82, 2.24) is 0 Å². The van der Waals surface area contributed by atoms with Crippen molar-refractivity contribution >= 4 is 51.9 Å². The van der Waals surface area contributed by atoms with Crippen LogP contribution in [0.4, 0.5) is 17.1 Å². The quantitative estimate of drug-likeness (QED) is 0.213. The first-order valence-corrected chi connectivity index (χ1v) is 12.2. The summed E-state index contributed by atoms with van der Waals surface area (Å²) in [5.74, 6) is 0. The number of nitrogens with zero attached hydrogens (tertiary/aromatic N) is 1. The number of anilines is 3. The molecule has 5 rings (SSSR count). The van der Waals surface area contributed by atoms with Gasteiger partial charge in [-0.1, -0.05) is 96.0 Å². The Bertz CT molecular complexity index is 1320. The summed E-state index contributed by atoms with van der Waals surface area (Å²) in [6, 6.07) is 45.3. The molecule has 0 amide bonds. The first-order valence-electron chi connectivity index (χ1n) is 11.4. The van der Waals surface area contributed by atoms with E-state index in [1.165, 1.54) is 16.7 Å². The highest BCUT2D eigenvalue weighted by Crippen LogP contribution is 2.36. The lowest BCUT2D eigenvalue weighted by Gasteiger charge is -2.25. The second-order valence-corrected chi connectivity index (χ2v) is 9.04. The van der Waals surface area contributed by atoms with Crippen LogP contribution in [0.5, 0.6) is 0 Å². The summed E-state index contributed by atoms with van der Waals surface area (Å²) in [5.41, 5.74) is 7.78. The van der Waals surface area contributed by atoms with Crippen molar-refractivity contribution in [2.45, 2.75) is 0 Å². The predicted molar refractivity (Wildman–Crippen MR) is 151 cm³/mol. The van der Waals surface area contributed by atoms with Gasteiger partial charge in [-0.25, -0.2) is 0 Å². The Kier molecular flexibility index (Phi) is 6.99. The maximum absolute atomic E-state index is 6.16. The molecule has 0 fully saturated rings. The van der Waals surface area contributed by atoms with Crippen LogP contribution in [-0.4, -0.2) is 0 Å². The molecule has 0 aliphatic rings. The first kappa shape index (κ1) is 23.0. The molecule has 170 valence electrons. The van der Waals surface area contributed by atoms with E-state index in [9.17, 15) is 0 Å². The number of benzene rings is 5. The SMILES string of the molecule is Clc1ccc(N(c2ccc(Cl)cc2)c2ccc(C=C(c3ccccc3)c3ccccc3)cc2)cc1. The van der Waals surface area contributed by atoms with Gasteiger partial charge in [0.2, 0.25) is 0 Å². The third-order valence-corrected chi connectivity index (χ3v) is 6.31. The molecular weight excluding hydrogens is 469 g/mol. The maximum atomic E-state index is 6.16. The lowest BCUT2D eigenvalue weighted by molar-refractivity contribution is 1.28. The van der Waals surface area contributed by atoms with Gasteiger partial charge >= 0.3 is 0 Å². The second kappa shape index (κ2) is 10.7. The van der Waals surface area contributed by atoms with E-state index >= 15 is 0 Å². The molecule has 1 nitrogen and oxygen atoms in total. The second-order valence-electron chi connectivity index (χ2n) is 8.17. The zero-order valence-corrected chi connectivity index (χ0v) is 20.5. The van der Waals surface area contributed by atoms with Crippen molar-refractivity contribution in [1.29, 1.82) is 0 Å². The summed E-state index contributed by atoms with van der Waals surface area (Å²) in [6.07, 6.45) is 2.24. The fraction of sp³-hybridized carbons (Fsp3) is 0. The molecule has 5 aromatic carbocycles. The summed E-state index contributed by atoms with van der Waals surface area (Å²) in [6.45, 7) is 0. The van der Waals surface area contributed by atoms with E-state index in [-0.39, 0.29) is 0 Å². The Labute approximate surface area is 216 Å². The monoisotopic (exact) mass is 491 g/mol. The molecule has 0 unspecified atom stereocenters. The van der Waals surface area contributed by atoms with Gasteiger partial charge in [0.05, 0.1) is 0 Å². The fourth-order valence-corrected chi connectivity index (χ4v) is 4.33. The van der Waals surface area contributed by atoms with Gasteiger partial charge in [0.15, 0.2) is 0 Å². The zero-order chi connectivity index (χ0) is 24.0. The van der Waals surface area contributed by atoms with Crippen LogP contribution in [0, 0.1) is 0 Å². The van der Waals surface area contributed by atoms with Gasteiger partial charge < -0.3 is 4.90 Å². The summed E-state index contributed by atoms with van der Waals surface area (Å²) in [5, 5.41) is 1.42. The summed E-state index contributed by atoms with van der Waals surface area (Å²) >= 11 is 12.3.